The Morgan fingerprint density at radius 3 is 1.33 bits per heavy atom. The Balaban J connectivity index is 0.000000250. The molecule has 0 bridgehead atoms. The van der Waals surface area contributed by atoms with Crippen LogP contribution in [0.15, 0.2) is 24.3 Å². The van der Waals surface area contributed by atoms with Gasteiger partial charge in [-0.05, 0) is 0 Å². The van der Waals surface area contributed by atoms with Gasteiger partial charge in [0.1, 0.15) is 0 Å². The van der Waals surface area contributed by atoms with Crippen LogP contribution in [0.25, 0.3) is 0 Å². The van der Waals surface area contributed by atoms with Crippen LogP contribution >= 0.6 is 0 Å². The third-order valence-electron chi connectivity index (χ3n) is 0.556. The molecule has 0 spiro atoms. The Morgan fingerprint density at radius 1 is 0.667 bits per heavy atom. The van der Waals surface area contributed by atoms with E-state index in [4.69, 9.17) is 0 Å². The van der Waals surface area contributed by atoms with Gasteiger partial charge in [-0.3, -0.25) is 0 Å². The van der Waals surface area contributed by atoms with Crippen molar-refractivity contribution in [2.75, 3.05) is 0 Å². The number of hydrogen-bond donors (Lipinski definition) is 0. The fourth-order valence-corrected chi connectivity index (χ4v) is 0.321. The van der Waals surface area contributed by atoms with Gasteiger partial charge in [-0.1, -0.05) is 24.3 Å². The Morgan fingerprint density at radius 2 is 1.17 bits per heavy atom. The molecule has 0 saturated carbocycles. The van der Waals surface area contributed by atoms with Gasteiger partial charge >= 0.3 is 0 Å². The quantitative estimate of drug-likeness (QED) is 0.441. The maximum atomic E-state index is 2.00. The summed E-state index contributed by atoms with van der Waals surface area (Å²) in [5, 5.41) is 0. The van der Waals surface area contributed by atoms with Crippen LogP contribution in [0.5, 0.6) is 0 Å². The molecule has 0 aromatic carbocycles. The Kier molecular flexibility index (Phi) is 3.74. The average Bonchev–Trinajstić information content (AvgIpc) is 1.76. The van der Waals surface area contributed by atoms with Crippen molar-refractivity contribution in [1.82, 2.24) is 0 Å². The van der Waals surface area contributed by atoms with Gasteiger partial charge in [0.2, 0.25) is 0 Å². The first-order valence-corrected chi connectivity index (χ1v) is 1.67. The second-order valence-electron chi connectivity index (χ2n) is 0.962. The molecule has 0 aliphatic heterocycles. The van der Waals surface area contributed by atoms with Gasteiger partial charge in [-0.25, -0.2) is 0 Å². The second kappa shape index (κ2) is 3.54. The molecule has 0 aromatic rings. The minimum absolute atomic E-state index is 0. The molecule has 0 nitrogen and oxygen atoms in total. The SMILES string of the molecule is [CH]1C=CC=C1.[Sc]. The predicted molar refractivity (Wildman–Crippen MR) is 22.6 cm³/mol. The third kappa shape index (κ3) is 1.71. The molecule has 6 heavy (non-hydrogen) atoms. The summed E-state index contributed by atoms with van der Waals surface area (Å²) in [6, 6.07) is 0. The molecule has 0 unspecified atom stereocenters. The zero-order valence-corrected chi connectivity index (χ0v) is 5.27. The van der Waals surface area contributed by atoms with Crippen molar-refractivity contribution in [3.63, 3.8) is 0 Å². The van der Waals surface area contributed by atoms with E-state index in [1.54, 1.807) is 0 Å². The molecule has 1 aliphatic rings. The normalized spacial score (nSPS) is 14.7. The topological polar surface area (TPSA) is 0 Å². The zero-order chi connectivity index (χ0) is 3.54. The molecule has 1 heteroatoms. The molecule has 0 heterocycles. The largest absolute Gasteiger partial charge is 0.0767 e. The molecular weight excluding hydrogens is 105 g/mol. The van der Waals surface area contributed by atoms with Crippen LogP contribution in [-0.2, 0) is 25.8 Å². The Bertz CT molecular complexity index is 62.0. The number of allylic oxidation sites excluding steroid dienone is 4. The molecule has 1 aliphatic carbocycles. The Hall–Kier alpha value is 0.350. The van der Waals surface area contributed by atoms with Crippen LogP contribution in [0, 0.1) is 6.42 Å². The maximum Gasteiger partial charge on any atom is 0.00506 e. The summed E-state index contributed by atoms with van der Waals surface area (Å²) in [5.74, 6) is 0. The van der Waals surface area contributed by atoms with E-state index < -0.39 is 0 Å². The molecule has 0 amide bonds. The van der Waals surface area contributed by atoms with Gasteiger partial charge in [0.25, 0.3) is 0 Å². The summed E-state index contributed by atoms with van der Waals surface area (Å²) < 4.78 is 0. The maximum absolute atomic E-state index is 2.00. The van der Waals surface area contributed by atoms with E-state index in [0.717, 1.165) is 0 Å². The fourth-order valence-electron chi connectivity index (χ4n) is 0.321. The smallest absolute Gasteiger partial charge is 0.00506 e. The fraction of sp³-hybridized carbons (Fsp3) is 0. The molecule has 0 atom stereocenters. The van der Waals surface area contributed by atoms with Crippen molar-refractivity contribution in [3.8, 4) is 0 Å². The van der Waals surface area contributed by atoms with Gasteiger partial charge in [0.05, 0.1) is 0 Å². The van der Waals surface area contributed by atoms with Gasteiger partial charge in [0, 0.05) is 32.3 Å². The summed E-state index contributed by atoms with van der Waals surface area (Å²) in [5.41, 5.74) is 0. The predicted octanol–water partition coefficient (Wildman–Crippen LogP) is 1.31. The van der Waals surface area contributed by atoms with Crippen LogP contribution in [0.2, 0.25) is 0 Å². The molecule has 0 fully saturated rings. The minimum atomic E-state index is 0. The van der Waals surface area contributed by atoms with Crippen LogP contribution in [-0.4, -0.2) is 0 Å². The molecule has 28 valence electrons. The van der Waals surface area contributed by atoms with Gasteiger partial charge in [-0.15, -0.1) is 0 Å². The van der Waals surface area contributed by atoms with Crippen LogP contribution < -0.4 is 0 Å². The monoisotopic (exact) mass is 110 g/mol. The van der Waals surface area contributed by atoms with E-state index >= 15 is 0 Å². The molecule has 0 saturated heterocycles. The number of hydrogen-bond acceptors (Lipinski definition) is 0. The van der Waals surface area contributed by atoms with Crippen molar-refractivity contribution < 1.29 is 25.8 Å². The standard InChI is InChI=1S/C5H5.Sc/c1-2-4-5-3-1;/h1-5H;. The first-order chi connectivity index (χ1) is 2.50. The van der Waals surface area contributed by atoms with Crippen LogP contribution in [0.4, 0.5) is 0 Å². The van der Waals surface area contributed by atoms with Crippen molar-refractivity contribution in [3.05, 3.63) is 30.7 Å². The summed E-state index contributed by atoms with van der Waals surface area (Å²) >= 11 is 0. The first kappa shape index (κ1) is 6.35. The van der Waals surface area contributed by atoms with Crippen molar-refractivity contribution >= 4 is 0 Å². The van der Waals surface area contributed by atoms with Crippen molar-refractivity contribution in [2.24, 2.45) is 0 Å². The summed E-state index contributed by atoms with van der Waals surface area (Å²) in [6.45, 7) is 0. The summed E-state index contributed by atoms with van der Waals surface area (Å²) in [4.78, 5) is 0. The van der Waals surface area contributed by atoms with Gasteiger partial charge < -0.3 is 0 Å². The zero-order valence-electron chi connectivity index (χ0n) is 3.46. The molecule has 2 radical (unpaired) electrons. The van der Waals surface area contributed by atoms with E-state index in [0.29, 0.717) is 0 Å². The van der Waals surface area contributed by atoms with E-state index in [-0.39, 0.29) is 25.8 Å². The van der Waals surface area contributed by atoms with E-state index in [1.807, 2.05) is 30.7 Å². The molecule has 0 aromatic heterocycles. The van der Waals surface area contributed by atoms with Gasteiger partial charge in [-0.2, -0.15) is 0 Å². The third-order valence-corrected chi connectivity index (χ3v) is 0.556. The van der Waals surface area contributed by atoms with Crippen molar-refractivity contribution in [2.45, 2.75) is 0 Å². The Labute approximate surface area is 56.7 Å². The minimum Gasteiger partial charge on any atom is -0.0767 e. The van der Waals surface area contributed by atoms with Gasteiger partial charge in [0.15, 0.2) is 0 Å². The van der Waals surface area contributed by atoms with E-state index in [9.17, 15) is 0 Å². The van der Waals surface area contributed by atoms with E-state index in [2.05, 4.69) is 0 Å². The first-order valence-electron chi connectivity index (χ1n) is 1.67. The van der Waals surface area contributed by atoms with E-state index in [1.165, 1.54) is 0 Å². The molecule has 0 N–H and O–H groups in total. The second-order valence-corrected chi connectivity index (χ2v) is 0.962. The van der Waals surface area contributed by atoms with Crippen LogP contribution in [0.3, 0.4) is 0 Å². The summed E-state index contributed by atoms with van der Waals surface area (Å²) in [7, 11) is 0. The average molecular weight is 110 g/mol. The van der Waals surface area contributed by atoms with Crippen molar-refractivity contribution in [1.29, 1.82) is 0 Å². The number of rotatable bonds is 0. The summed E-state index contributed by atoms with van der Waals surface area (Å²) in [6.07, 6.45) is 10.0. The molecule has 1 rings (SSSR count). The molecular formula is C5H5Sc. The van der Waals surface area contributed by atoms with Crippen LogP contribution in [0.1, 0.15) is 0 Å².